The SMILES string of the molecule is COc1cccc2oc(C3=C(C(=O)N4CCC[C@@H]4CO)NC4C(c5ccccc5)C(C(F)(F)F)NN4C3=O)nc12. The Hall–Kier alpha value is -4.10. The van der Waals surface area contributed by atoms with E-state index in [0.29, 0.717) is 30.7 Å². The topological polar surface area (TPSA) is 120 Å². The predicted octanol–water partition coefficient (Wildman–Crippen LogP) is 2.52. The minimum Gasteiger partial charge on any atom is -0.494 e. The van der Waals surface area contributed by atoms with Crippen LogP contribution in [0.4, 0.5) is 13.2 Å². The van der Waals surface area contributed by atoms with Gasteiger partial charge in [0.05, 0.1) is 25.7 Å². The second-order valence-electron chi connectivity index (χ2n) is 9.90. The number of methoxy groups -OCH3 is 1. The molecule has 0 bridgehead atoms. The largest absolute Gasteiger partial charge is 0.494 e. The first-order valence-corrected chi connectivity index (χ1v) is 12.8. The molecule has 0 spiro atoms. The first kappa shape index (κ1) is 26.1. The highest BCUT2D eigenvalue weighted by atomic mass is 19.4. The summed E-state index contributed by atoms with van der Waals surface area (Å²) in [5, 5.41) is 13.7. The number of benzene rings is 2. The zero-order valence-corrected chi connectivity index (χ0v) is 21.3. The molecule has 3 N–H and O–H groups in total. The number of hydrazine groups is 1. The van der Waals surface area contributed by atoms with Gasteiger partial charge >= 0.3 is 6.18 Å². The second-order valence-corrected chi connectivity index (χ2v) is 9.90. The highest BCUT2D eigenvalue weighted by molar-refractivity contribution is 6.25. The molecule has 2 aromatic carbocycles. The molecule has 10 nitrogen and oxygen atoms in total. The number of hydrogen-bond acceptors (Lipinski definition) is 8. The lowest BCUT2D eigenvalue weighted by Gasteiger charge is -2.36. The van der Waals surface area contributed by atoms with Gasteiger partial charge in [-0.3, -0.25) is 9.59 Å². The van der Waals surface area contributed by atoms with Crippen LogP contribution in [0.5, 0.6) is 5.75 Å². The molecule has 3 aliphatic heterocycles. The molecule has 13 heteroatoms. The van der Waals surface area contributed by atoms with Crippen molar-refractivity contribution in [1.29, 1.82) is 0 Å². The smallest absolute Gasteiger partial charge is 0.406 e. The minimum absolute atomic E-state index is 0.234. The normalized spacial score (nSPS) is 25.0. The van der Waals surface area contributed by atoms with Crippen LogP contribution >= 0.6 is 0 Å². The van der Waals surface area contributed by atoms with E-state index >= 15 is 0 Å². The standard InChI is InChI=1S/C27H26F3N5O5/c1-39-16-10-5-11-17-20(16)32-24(40-17)19-21(26(38)34-12-6-9-15(34)13-36)31-23-18(14-7-3-2-4-8-14)22(27(28,29)30)33-35(23)25(19)37/h2-5,7-8,10-11,15,18,22-23,31,33,36H,6,9,12-13H2,1H3/t15-,18?,22?,23?/m1/s1. The monoisotopic (exact) mass is 557 g/mol. The molecule has 2 amide bonds. The molecule has 6 rings (SSSR count). The molecule has 4 atom stereocenters. The van der Waals surface area contributed by atoms with Gasteiger partial charge in [-0.25, -0.2) is 15.4 Å². The van der Waals surface area contributed by atoms with Gasteiger partial charge in [-0.1, -0.05) is 36.4 Å². The average Bonchev–Trinajstić information content (AvgIpc) is 3.69. The Balaban J connectivity index is 1.51. The number of carbonyl (C=O) groups excluding carboxylic acids is 2. The fraction of sp³-hybridized carbons (Fsp3) is 0.370. The number of aliphatic hydroxyl groups is 1. The number of ether oxygens (including phenoxy) is 1. The minimum atomic E-state index is -4.72. The average molecular weight is 558 g/mol. The van der Waals surface area contributed by atoms with Gasteiger partial charge in [0.25, 0.3) is 11.8 Å². The first-order valence-electron chi connectivity index (χ1n) is 12.8. The number of aromatic nitrogens is 1. The maximum Gasteiger partial charge on any atom is 0.406 e. The lowest BCUT2D eigenvalue weighted by Crippen LogP contribution is -2.57. The molecule has 3 aliphatic rings. The summed E-state index contributed by atoms with van der Waals surface area (Å²) in [6.07, 6.45) is -4.78. The molecular weight excluding hydrogens is 531 g/mol. The van der Waals surface area contributed by atoms with Crippen LogP contribution in [0, 0.1) is 0 Å². The lowest BCUT2D eigenvalue weighted by atomic mass is 9.88. The molecule has 210 valence electrons. The van der Waals surface area contributed by atoms with Crippen LogP contribution in [-0.4, -0.2) is 76.5 Å². The van der Waals surface area contributed by atoms with Crippen LogP contribution in [0.3, 0.4) is 0 Å². The molecule has 4 heterocycles. The van der Waals surface area contributed by atoms with Gasteiger partial charge in [-0.15, -0.1) is 0 Å². The Morgan fingerprint density at radius 1 is 1.20 bits per heavy atom. The maximum atomic E-state index is 14.3. The van der Waals surface area contributed by atoms with E-state index in [1.165, 1.54) is 12.0 Å². The molecular formula is C27H26F3N5O5. The molecule has 2 saturated heterocycles. The van der Waals surface area contributed by atoms with Gasteiger partial charge in [0.2, 0.25) is 5.89 Å². The van der Waals surface area contributed by atoms with Crippen LogP contribution < -0.4 is 15.5 Å². The van der Waals surface area contributed by atoms with Crippen LogP contribution in [0.1, 0.15) is 30.2 Å². The van der Waals surface area contributed by atoms with Crippen molar-refractivity contribution in [2.45, 2.75) is 43.2 Å². The zero-order valence-electron chi connectivity index (χ0n) is 21.3. The van der Waals surface area contributed by atoms with E-state index in [4.69, 9.17) is 9.15 Å². The summed E-state index contributed by atoms with van der Waals surface area (Å²) in [4.78, 5) is 33.8. The molecule has 3 aromatic rings. The third-order valence-electron chi connectivity index (χ3n) is 7.65. The molecule has 40 heavy (non-hydrogen) atoms. The number of nitrogens with one attached hydrogen (secondary N) is 2. The van der Waals surface area contributed by atoms with Crippen molar-refractivity contribution >= 4 is 28.5 Å². The van der Waals surface area contributed by atoms with Crippen molar-refractivity contribution in [2.24, 2.45) is 0 Å². The summed E-state index contributed by atoms with van der Waals surface area (Å²) < 4.78 is 54.1. The number of hydrogen-bond donors (Lipinski definition) is 3. The lowest BCUT2D eigenvalue weighted by molar-refractivity contribution is -0.161. The number of amides is 2. The van der Waals surface area contributed by atoms with Gasteiger partial charge in [0.15, 0.2) is 11.1 Å². The summed E-state index contributed by atoms with van der Waals surface area (Å²) in [7, 11) is 1.44. The number of fused-ring (bicyclic) bond motifs is 2. The number of rotatable bonds is 5. The van der Waals surface area contributed by atoms with Crippen LogP contribution in [0.15, 0.2) is 58.6 Å². The summed E-state index contributed by atoms with van der Waals surface area (Å²) in [5.74, 6) is -2.69. The number of carbonyl (C=O) groups is 2. The number of nitrogens with zero attached hydrogens (tertiary/aromatic N) is 3. The van der Waals surface area contributed by atoms with E-state index in [0.717, 1.165) is 5.01 Å². The number of halogens is 3. The van der Waals surface area contributed by atoms with Crippen molar-refractivity contribution in [3.8, 4) is 5.75 Å². The summed E-state index contributed by atoms with van der Waals surface area (Å²) in [6.45, 7) is 0.0281. The Kier molecular flexibility index (Phi) is 6.42. The van der Waals surface area contributed by atoms with Crippen molar-refractivity contribution in [3.05, 3.63) is 65.7 Å². The van der Waals surface area contributed by atoms with E-state index in [9.17, 15) is 27.9 Å². The van der Waals surface area contributed by atoms with Crippen molar-refractivity contribution in [1.82, 2.24) is 25.6 Å². The van der Waals surface area contributed by atoms with Crippen LogP contribution in [-0.2, 0) is 9.59 Å². The molecule has 1 aromatic heterocycles. The summed E-state index contributed by atoms with van der Waals surface area (Å²) in [5.41, 5.74) is 2.68. The van der Waals surface area contributed by atoms with Gasteiger partial charge in [-0.05, 0) is 30.5 Å². The molecule has 2 fully saturated rings. The van der Waals surface area contributed by atoms with Crippen LogP contribution in [0.2, 0.25) is 0 Å². The van der Waals surface area contributed by atoms with Gasteiger partial charge in [0, 0.05) is 6.54 Å². The van der Waals surface area contributed by atoms with Gasteiger partial charge < -0.3 is 24.5 Å². The quantitative estimate of drug-likeness (QED) is 0.438. The number of alkyl halides is 3. The summed E-state index contributed by atoms with van der Waals surface area (Å²) >= 11 is 0. The summed E-state index contributed by atoms with van der Waals surface area (Å²) in [6, 6.07) is 10.3. The Morgan fingerprint density at radius 3 is 2.67 bits per heavy atom. The first-order chi connectivity index (χ1) is 19.2. The highest BCUT2D eigenvalue weighted by Crippen LogP contribution is 2.43. The Morgan fingerprint density at radius 2 is 1.98 bits per heavy atom. The van der Waals surface area contributed by atoms with E-state index < -0.39 is 42.2 Å². The fourth-order valence-electron chi connectivity index (χ4n) is 5.77. The third-order valence-corrected chi connectivity index (χ3v) is 7.65. The van der Waals surface area contributed by atoms with E-state index in [1.54, 1.807) is 48.5 Å². The molecule has 3 unspecified atom stereocenters. The van der Waals surface area contributed by atoms with Crippen LogP contribution in [0.25, 0.3) is 16.7 Å². The fourth-order valence-corrected chi connectivity index (χ4v) is 5.77. The zero-order chi connectivity index (χ0) is 28.2. The molecule has 0 radical (unpaired) electrons. The second kappa shape index (κ2) is 9.82. The number of likely N-dealkylation sites (tertiary alicyclic amines) is 1. The van der Waals surface area contributed by atoms with Gasteiger partial charge in [0.1, 0.15) is 29.2 Å². The Bertz CT molecular complexity index is 1490. The van der Waals surface area contributed by atoms with Crippen molar-refractivity contribution < 1.29 is 37.0 Å². The van der Waals surface area contributed by atoms with E-state index in [2.05, 4.69) is 15.7 Å². The van der Waals surface area contributed by atoms with Crippen molar-refractivity contribution in [2.75, 3.05) is 20.3 Å². The maximum absolute atomic E-state index is 14.3. The number of oxazole rings is 1. The predicted molar refractivity (Wildman–Crippen MR) is 135 cm³/mol. The molecule has 0 aliphatic carbocycles. The van der Waals surface area contributed by atoms with E-state index in [1.807, 2.05) is 0 Å². The van der Waals surface area contributed by atoms with E-state index in [-0.39, 0.29) is 34.9 Å². The van der Waals surface area contributed by atoms with Gasteiger partial charge in [-0.2, -0.15) is 13.2 Å². The Labute approximate surface area is 226 Å². The third kappa shape index (κ3) is 4.16. The number of para-hydroxylation sites is 1. The van der Waals surface area contributed by atoms with Crippen molar-refractivity contribution in [3.63, 3.8) is 0 Å². The molecule has 0 saturated carbocycles. The number of aliphatic hydroxyl groups excluding tert-OH is 1. The highest BCUT2D eigenvalue weighted by Gasteiger charge is 2.59.